The molecule has 0 aliphatic rings. The fourth-order valence-electron chi connectivity index (χ4n) is 1.12. The maximum absolute atomic E-state index is 5.78. The quantitative estimate of drug-likeness (QED) is 0.855. The minimum absolute atomic E-state index is 0.492. The number of nitrogens with two attached hydrogens (primary N) is 1. The van der Waals surface area contributed by atoms with Gasteiger partial charge in [-0.25, -0.2) is 9.67 Å². The summed E-state index contributed by atoms with van der Waals surface area (Å²) in [5.74, 6) is 0.498. The summed E-state index contributed by atoms with van der Waals surface area (Å²) in [6.45, 7) is 2.59. The van der Waals surface area contributed by atoms with Crippen molar-refractivity contribution in [1.29, 1.82) is 0 Å². The Bertz CT molecular complexity index is 448. The number of anilines is 1. The van der Waals surface area contributed by atoms with Crippen LogP contribution in [0.4, 0.5) is 5.82 Å². The monoisotopic (exact) mass is 228 g/mol. The maximum Gasteiger partial charge on any atom is 0.141 e. The molecule has 2 N–H and O–H groups in total. The van der Waals surface area contributed by atoms with Gasteiger partial charge in [0.2, 0.25) is 0 Å². The van der Waals surface area contributed by atoms with Gasteiger partial charge in [-0.3, -0.25) is 0 Å². The largest absolute Gasteiger partial charge is 0.383 e. The molecular formula is C8H9ClN4S. The summed E-state index contributed by atoms with van der Waals surface area (Å²) in [6, 6.07) is 0. The zero-order valence-electron chi connectivity index (χ0n) is 7.57. The van der Waals surface area contributed by atoms with E-state index >= 15 is 0 Å². The zero-order valence-corrected chi connectivity index (χ0v) is 9.14. The molecule has 0 spiro atoms. The van der Waals surface area contributed by atoms with Crippen molar-refractivity contribution in [2.75, 3.05) is 5.73 Å². The molecule has 0 aromatic carbocycles. The van der Waals surface area contributed by atoms with E-state index in [1.807, 2.05) is 13.1 Å². The Hall–Kier alpha value is -1.07. The molecule has 14 heavy (non-hydrogen) atoms. The van der Waals surface area contributed by atoms with E-state index in [9.17, 15) is 0 Å². The molecule has 0 amide bonds. The molecule has 6 heteroatoms. The molecule has 2 rings (SSSR count). The van der Waals surface area contributed by atoms with Gasteiger partial charge in [-0.1, -0.05) is 11.6 Å². The first-order valence-electron chi connectivity index (χ1n) is 4.05. The number of nitrogens with zero attached hydrogens (tertiary/aromatic N) is 3. The van der Waals surface area contributed by atoms with E-state index in [0.29, 0.717) is 17.4 Å². The van der Waals surface area contributed by atoms with Crippen LogP contribution in [0.3, 0.4) is 0 Å². The Labute approximate surface area is 90.3 Å². The average Bonchev–Trinajstić information content (AvgIpc) is 2.67. The van der Waals surface area contributed by atoms with Crippen LogP contribution in [-0.2, 0) is 6.54 Å². The summed E-state index contributed by atoms with van der Waals surface area (Å²) in [4.78, 5) is 5.27. The van der Waals surface area contributed by atoms with Crippen LogP contribution in [0.2, 0.25) is 5.02 Å². The number of hydrogen-bond donors (Lipinski definition) is 1. The van der Waals surface area contributed by atoms with Crippen molar-refractivity contribution in [2.45, 2.75) is 13.5 Å². The van der Waals surface area contributed by atoms with E-state index in [0.717, 1.165) is 9.88 Å². The number of hydrogen-bond acceptors (Lipinski definition) is 4. The lowest BCUT2D eigenvalue weighted by atomic mass is 10.5. The number of rotatable bonds is 2. The fraction of sp³-hybridized carbons (Fsp3) is 0.250. The van der Waals surface area contributed by atoms with E-state index < -0.39 is 0 Å². The summed E-state index contributed by atoms with van der Waals surface area (Å²) in [5, 5.41) is 5.59. The molecule has 4 nitrogen and oxygen atoms in total. The van der Waals surface area contributed by atoms with Gasteiger partial charge in [0.1, 0.15) is 10.8 Å². The van der Waals surface area contributed by atoms with E-state index in [-0.39, 0.29) is 0 Å². The van der Waals surface area contributed by atoms with Gasteiger partial charge < -0.3 is 5.73 Å². The number of aromatic nitrogens is 3. The Morgan fingerprint density at radius 1 is 1.57 bits per heavy atom. The average molecular weight is 229 g/mol. The van der Waals surface area contributed by atoms with Gasteiger partial charge in [0.05, 0.1) is 17.7 Å². The van der Waals surface area contributed by atoms with Gasteiger partial charge in [0.15, 0.2) is 0 Å². The zero-order chi connectivity index (χ0) is 10.1. The minimum Gasteiger partial charge on any atom is -0.383 e. The Balaban J connectivity index is 2.22. The molecule has 0 fully saturated rings. The van der Waals surface area contributed by atoms with Gasteiger partial charge in [-0.2, -0.15) is 5.10 Å². The number of halogens is 1. The molecule has 2 aromatic rings. The summed E-state index contributed by atoms with van der Waals surface area (Å²) in [6.07, 6.45) is 3.37. The highest BCUT2D eigenvalue weighted by Gasteiger charge is 2.06. The lowest BCUT2D eigenvalue weighted by molar-refractivity contribution is 0.704. The predicted molar refractivity (Wildman–Crippen MR) is 57.6 cm³/mol. The van der Waals surface area contributed by atoms with Crippen LogP contribution in [-0.4, -0.2) is 14.8 Å². The molecule has 2 heterocycles. The molecule has 74 valence electrons. The van der Waals surface area contributed by atoms with E-state index in [1.165, 1.54) is 0 Å². The fourth-order valence-corrected chi connectivity index (χ4v) is 2.04. The van der Waals surface area contributed by atoms with Crippen molar-refractivity contribution in [3.8, 4) is 0 Å². The Kier molecular flexibility index (Phi) is 2.43. The first-order chi connectivity index (χ1) is 6.66. The molecule has 0 aliphatic heterocycles. The number of thiazole rings is 1. The highest BCUT2D eigenvalue weighted by atomic mass is 35.5. The summed E-state index contributed by atoms with van der Waals surface area (Å²) >= 11 is 7.41. The van der Waals surface area contributed by atoms with Crippen molar-refractivity contribution >= 4 is 28.8 Å². The molecule has 0 bridgehead atoms. The molecule has 0 saturated carbocycles. The second-order valence-electron chi connectivity index (χ2n) is 2.88. The van der Waals surface area contributed by atoms with Crippen LogP contribution in [0, 0.1) is 6.92 Å². The van der Waals surface area contributed by atoms with Crippen molar-refractivity contribution in [2.24, 2.45) is 0 Å². The second kappa shape index (κ2) is 3.59. The lowest BCUT2D eigenvalue weighted by Crippen LogP contribution is -2.04. The number of aryl methyl sites for hydroxylation is 1. The van der Waals surface area contributed by atoms with Crippen molar-refractivity contribution in [1.82, 2.24) is 14.8 Å². The van der Waals surface area contributed by atoms with E-state index in [4.69, 9.17) is 17.3 Å². The first-order valence-corrected chi connectivity index (χ1v) is 5.24. The molecule has 0 unspecified atom stereocenters. The van der Waals surface area contributed by atoms with Crippen LogP contribution >= 0.6 is 22.9 Å². The Morgan fingerprint density at radius 3 is 2.86 bits per heavy atom. The molecule has 2 aromatic heterocycles. The van der Waals surface area contributed by atoms with Gasteiger partial charge in [0, 0.05) is 11.1 Å². The summed E-state index contributed by atoms with van der Waals surface area (Å²) in [7, 11) is 0. The van der Waals surface area contributed by atoms with Crippen molar-refractivity contribution in [3.63, 3.8) is 0 Å². The van der Waals surface area contributed by atoms with E-state index in [1.54, 1.807) is 22.2 Å². The standard InChI is InChI=1S/C8H9ClN4S/c1-5-11-2-6(14-5)4-13-8(10)7(9)3-12-13/h2-3H,4,10H2,1H3. The van der Waals surface area contributed by atoms with Crippen LogP contribution in [0.25, 0.3) is 0 Å². The highest BCUT2D eigenvalue weighted by molar-refractivity contribution is 7.11. The minimum atomic E-state index is 0.492. The predicted octanol–water partition coefficient (Wildman–Crippen LogP) is 1.93. The lowest BCUT2D eigenvalue weighted by Gasteiger charge is -2.00. The third-order valence-corrected chi connectivity index (χ3v) is 3.00. The van der Waals surface area contributed by atoms with Gasteiger partial charge >= 0.3 is 0 Å². The molecule has 0 saturated heterocycles. The maximum atomic E-state index is 5.78. The van der Waals surface area contributed by atoms with Gasteiger partial charge in [0.25, 0.3) is 0 Å². The SMILES string of the molecule is Cc1ncc(Cn2ncc(Cl)c2N)s1. The van der Waals surface area contributed by atoms with Crippen LogP contribution in [0.1, 0.15) is 9.88 Å². The molecule has 0 radical (unpaired) electrons. The van der Waals surface area contributed by atoms with Gasteiger partial charge in [-0.15, -0.1) is 11.3 Å². The molecule has 0 atom stereocenters. The molecular weight excluding hydrogens is 220 g/mol. The third kappa shape index (κ3) is 1.73. The van der Waals surface area contributed by atoms with Crippen molar-refractivity contribution < 1.29 is 0 Å². The van der Waals surface area contributed by atoms with Crippen LogP contribution in [0.5, 0.6) is 0 Å². The normalized spacial score (nSPS) is 10.7. The highest BCUT2D eigenvalue weighted by Crippen LogP contribution is 2.20. The van der Waals surface area contributed by atoms with Crippen LogP contribution in [0.15, 0.2) is 12.4 Å². The van der Waals surface area contributed by atoms with Crippen LogP contribution < -0.4 is 5.73 Å². The number of nitrogen functional groups attached to an aromatic ring is 1. The first kappa shape index (κ1) is 9.48. The molecule has 0 aliphatic carbocycles. The topological polar surface area (TPSA) is 56.7 Å². The second-order valence-corrected chi connectivity index (χ2v) is 4.61. The van der Waals surface area contributed by atoms with E-state index in [2.05, 4.69) is 10.1 Å². The summed E-state index contributed by atoms with van der Waals surface area (Å²) < 4.78 is 1.66. The Morgan fingerprint density at radius 2 is 2.36 bits per heavy atom. The smallest absolute Gasteiger partial charge is 0.141 e. The van der Waals surface area contributed by atoms with Gasteiger partial charge in [-0.05, 0) is 6.92 Å². The third-order valence-electron chi connectivity index (χ3n) is 1.81. The van der Waals surface area contributed by atoms with Crippen molar-refractivity contribution in [3.05, 3.63) is 27.3 Å². The summed E-state index contributed by atoms with van der Waals surface area (Å²) in [5.41, 5.74) is 5.71.